The second kappa shape index (κ2) is 6.97. The quantitative estimate of drug-likeness (QED) is 0.752. The Morgan fingerprint density at radius 3 is 2.82 bits per heavy atom. The number of hydrogen-bond donors (Lipinski definition) is 1. The highest BCUT2D eigenvalue weighted by molar-refractivity contribution is 5.81. The van der Waals surface area contributed by atoms with Crippen molar-refractivity contribution in [2.45, 2.75) is 38.6 Å². The van der Waals surface area contributed by atoms with Gasteiger partial charge in [-0.25, -0.2) is 0 Å². The largest absolute Gasteiger partial charge is 0.344 e. The number of nitrogens with two attached hydrogens (primary N) is 1. The van der Waals surface area contributed by atoms with Crippen molar-refractivity contribution in [2.75, 3.05) is 33.7 Å². The molecule has 0 saturated carbocycles. The van der Waals surface area contributed by atoms with Crippen LogP contribution >= 0.6 is 0 Å². The zero-order chi connectivity index (χ0) is 12.8. The van der Waals surface area contributed by atoms with Gasteiger partial charge in [-0.1, -0.05) is 19.8 Å². The fourth-order valence-corrected chi connectivity index (χ4v) is 2.48. The first-order chi connectivity index (χ1) is 8.04. The maximum absolute atomic E-state index is 12.0. The highest BCUT2D eigenvalue weighted by Crippen LogP contribution is 2.15. The normalized spacial score (nSPS) is 22.7. The number of rotatable bonds is 6. The van der Waals surface area contributed by atoms with Crippen LogP contribution in [0.15, 0.2) is 0 Å². The minimum atomic E-state index is -0.306. The lowest BCUT2D eigenvalue weighted by molar-refractivity contribution is -0.132. The average Bonchev–Trinajstić information content (AvgIpc) is 2.70. The van der Waals surface area contributed by atoms with Crippen molar-refractivity contribution < 1.29 is 4.79 Å². The van der Waals surface area contributed by atoms with Crippen LogP contribution < -0.4 is 5.73 Å². The van der Waals surface area contributed by atoms with Gasteiger partial charge in [-0.2, -0.15) is 0 Å². The molecule has 1 fully saturated rings. The standard InChI is InChI=1S/C13H27N3O/c1-4-5-6-12(14)13(17)16(3)10-11-7-8-15(2)9-11/h11-12H,4-10,14H2,1-3H3. The number of likely N-dealkylation sites (tertiary alicyclic amines) is 1. The van der Waals surface area contributed by atoms with Crippen LogP contribution in [0.4, 0.5) is 0 Å². The molecule has 17 heavy (non-hydrogen) atoms. The molecule has 0 radical (unpaired) electrons. The molecule has 0 bridgehead atoms. The highest BCUT2D eigenvalue weighted by Gasteiger charge is 2.24. The number of likely N-dealkylation sites (N-methyl/N-ethyl adjacent to an activating group) is 1. The van der Waals surface area contributed by atoms with Gasteiger partial charge in [0.2, 0.25) is 5.91 Å². The Hall–Kier alpha value is -0.610. The van der Waals surface area contributed by atoms with Crippen LogP contribution in [0.3, 0.4) is 0 Å². The average molecular weight is 241 g/mol. The fourth-order valence-electron chi connectivity index (χ4n) is 2.48. The molecular weight excluding hydrogens is 214 g/mol. The van der Waals surface area contributed by atoms with E-state index in [0.29, 0.717) is 5.92 Å². The van der Waals surface area contributed by atoms with Crippen molar-refractivity contribution in [3.05, 3.63) is 0 Å². The number of carbonyl (C=O) groups excluding carboxylic acids is 1. The van der Waals surface area contributed by atoms with Crippen LogP contribution in [0.5, 0.6) is 0 Å². The molecule has 1 amide bonds. The Kier molecular flexibility index (Phi) is 5.92. The van der Waals surface area contributed by atoms with Gasteiger partial charge in [0.1, 0.15) is 0 Å². The SMILES string of the molecule is CCCCC(N)C(=O)N(C)CC1CCN(C)C1. The summed E-state index contributed by atoms with van der Waals surface area (Å²) in [6, 6.07) is -0.306. The second-order valence-corrected chi connectivity index (χ2v) is 5.38. The minimum absolute atomic E-state index is 0.105. The van der Waals surface area contributed by atoms with Gasteiger partial charge in [-0.3, -0.25) is 4.79 Å². The molecule has 0 aliphatic carbocycles. The maximum atomic E-state index is 12.0. The van der Waals surface area contributed by atoms with Gasteiger partial charge in [0.25, 0.3) is 0 Å². The predicted molar refractivity (Wildman–Crippen MR) is 70.7 cm³/mol. The summed E-state index contributed by atoms with van der Waals surface area (Å²) < 4.78 is 0. The zero-order valence-electron chi connectivity index (χ0n) is 11.5. The Balaban J connectivity index is 2.30. The molecule has 2 atom stereocenters. The van der Waals surface area contributed by atoms with Crippen LogP contribution in [-0.2, 0) is 4.79 Å². The molecule has 2 unspecified atom stereocenters. The van der Waals surface area contributed by atoms with Crippen molar-refractivity contribution in [1.82, 2.24) is 9.80 Å². The van der Waals surface area contributed by atoms with E-state index >= 15 is 0 Å². The van der Waals surface area contributed by atoms with E-state index in [2.05, 4.69) is 18.9 Å². The fraction of sp³-hybridized carbons (Fsp3) is 0.923. The number of amides is 1. The number of hydrogen-bond acceptors (Lipinski definition) is 3. The molecular formula is C13H27N3O. The van der Waals surface area contributed by atoms with Gasteiger partial charge in [0, 0.05) is 20.1 Å². The third-order valence-corrected chi connectivity index (χ3v) is 3.58. The van der Waals surface area contributed by atoms with Gasteiger partial charge in [0.05, 0.1) is 6.04 Å². The van der Waals surface area contributed by atoms with E-state index in [1.165, 1.54) is 6.42 Å². The van der Waals surface area contributed by atoms with E-state index in [-0.39, 0.29) is 11.9 Å². The van der Waals surface area contributed by atoms with Crippen molar-refractivity contribution in [3.63, 3.8) is 0 Å². The third kappa shape index (κ3) is 4.64. The zero-order valence-corrected chi connectivity index (χ0v) is 11.5. The minimum Gasteiger partial charge on any atom is -0.344 e. The Morgan fingerprint density at radius 2 is 2.29 bits per heavy atom. The summed E-state index contributed by atoms with van der Waals surface area (Å²) in [6.45, 7) is 5.22. The van der Waals surface area contributed by atoms with E-state index in [1.807, 2.05) is 11.9 Å². The van der Waals surface area contributed by atoms with E-state index in [4.69, 9.17) is 5.73 Å². The molecule has 1 aliphatic heterocycles. The number of nitrogens with zero attached hydrogens (tertiary/aromatic N) is 2. The predicted octanol–water partition coefficient (Wildman–Crippen LogP) is 0.914. The summed E-state index contributed by atoms with van der Waals surface area (Å²) in [5.41, 5.74) is 5.90. The van der Waals surface area contributed by atoms with E-state index in [1.54, 1.807) is 0 Å². The third-order valence-electron chi connectivity index (χ3n) is 3.58. The molecule has 1 saturated heterocycles. The van der Waals surface area contributed by atoms with Gasteiger partial charge in [0.15, 0.2) is 0 Å². The van der Waals surface area contributed by atoms with Gasteiger partial charge in [-0.05, 0) is 32.4 Å². The lowest BCUT2D eigenvalue weighted by atomic mass is 10.1. The number of carbonyl (C=O) groups is 1. The topological polar surface area (TPSA) is 49.6 Å². The molecule has 2 N–H and O–H groups in total. The summed E-state index contributed by atoms with van der Waals surface area (Å²) in [7, 11) is 4.02. The Bertz CT molecular complexity index is 245. The van der Waals surface area contributed by atoms with E-state index < -0.39 is 0 Å². The smallest absolute Gasteiger partial charge is 0.239 e. The molecule has 100 valence electrons. The molecule has 1 heterocycles. The highest BCUT2D eigenvalue weighted by atomic mass is 16.2. The van der Waals surface area contributed by atoms with Crippen molar-refractivity contribution in [3.8, 4) is 0 Å². The molecule has 1 rings (SSSR count). The lowest BCUT2D eigenvalue weighted by Gasteiger charge is -2.24. The molecule has 4 nitrogen and oxygen atoms in total. The summed E-state index contributed by atoms with van der Waals surface area (Å²) in [5.74, 6) is 0.723. The molecule has 0 aromatic rings. The van der Waals surface area contributed by atoms with Gasteiger partial charge in [-0.15, -0.1) is 0 Å². The first-order valence-electron chi connectivity index (χ1n) is 6.73. The van der Waals surface area contributed by atoms with Crippen LogP contribution in [0, 0.1) is 5.92 Å². The monoisotopic (exact) mass is 241 g/mol. The lowest BCUT2D eigenvalue weighted by Crippen LogP contribution is -2.43. The van der Waals surface area contributed by atoms with Crippen LogP contribution in [0.25, 0.3) is 0 Å². The molecule has 0 aromatic heterocycles. The molecule has 1 aliphatic rings. The van der Waals surface area contributed by atoms with Gasteiger partial charge < -0.3 is 15.5 Å². The van der Waals surface area contributed by atoms with E-state index in [9.17, 15) is 4.79 Å². The molecule has 0 aromatic carbocycles. The van der Waals surface area contributed by atoms with Crippen LogP contribution in [0.2, 0.25) is 0 Å². The molecule has 0 spiro atoms. The number of unbranched alkanes of at least 4 members (excludes halogenated alkanes) is 1. The Labute approximate surface area is 105 Å². The first-order valence-corrected chi connectivity index (χ1v) is 6.73. The second-order valence-electron chi connectivity index (χ2n) is 5.38. The summed E-state index contributed by atoms with van der Waals surface area (Å²) >= 11 is 0. The summed E-state index contributed by atoms with van der Waals surface area (Å²) in [5, 5.41) is 0. The Morgan fingerprint density at radius 1 is 1.59 bits per heavy atom. The summed E-state index contributed by atoms with van der Waals surface area (Å²) in [4.78, 5) is 16.1. The van der Waals surface area contributed by atoms with Gasteiger partial charge >= 0.3 is 0 Å². The van der Waals surface area contributed by atoms with Crippen LogP contribution in [0.1, 0.15) is 32.6 Å². The summed E-state index contributed by atoms with van der Waals surface area (Å²) in [6.07, 6.45) is 4.13. The van der Waals surface area contributed by atoms with Crippen LogP contribution in [-0.4, -0.2) is 55.5 Å². The molecule has 4 heteroatoms. The van der Waals surface area contributed by atoms with Crippen molar-refractivity contribution in [2.24, 2.45) is 11.7 Å². The first kappa shape index (κ1) is 14.5. The van der Waals surface area contributed by atoms with E-state index in [0.717, 1.165) is 38.9 Å². The maximum Gasteiger partial charge on any atom is 0.239 e. The van der Waals surface area contributed by atoms with Crippen molar-refractivity contribution >= 4 is 5.91 Å². The van der Waals surface area contributed by atoms with Crippen molar-refractivity contribution in [1.29, 1.82) is 0 Å².